The van der Waals surface area contributed by atoms with E-state index in [9.17, 15) is 0 Å². The number of allylic oxidation sites excluding steroid dienone is 3. The van der Waals surface area contributed by atoms with Crippen LogP contribution in [0.15, 0.2) is 97.1 Å². The molecule has 1 heterocycles. The lowest BCUT2D eigenvalue weighted by Crippen LogP contribution is -2.18. The first kappa shape index (κ1) is 23.2. The van der Waals surface area contributed by atoms with Gasteiger partial charge in [0.05, 0.1) is 11.4 Å². The first-order valence-electron chi connectivity index (χ1n) is 10.4. The highest BCUT2D eigenvalue weighted by molar-refractivity contribution is 6.33. The first-order chi connectivity index (χ1) is 15.4. The summed E-state index contributed by atoms with van der Waals surface area (Å²) in [7, 11) is 1.97. The third-order valence-electron chi connectivity index (χ3n) is 5.59. The highest BCUT2D eigenvalue weighted by Gasteiger charge is 2.22. The van der Waals surface area contributed by atoms with Gasteiger partial charge in [0.2, 0.25) is 0 Å². The van der Waals surface area contributed by atoms with Crippen LogP contribution in [0.1, 0.15) is 24.0 Å². The van der Waals surface area contributed by atoms with E-state index in [1.165, 1.54) is 6.20 Å². The van der Waals surface area contributed by atoms with E-state index in [1.807, 2.05) is 79.7 Å². The van der Waals surface area contributed by atoms with Crippen molar-refractivity contribution in [1.82, 2.24) is 9.88 Å². The molecule has 0 spiro atoms. The maximum atomic E-state index is 6.60. The number of nitrogens with zero attached hydrogens (tertiary/aromatic N) is 2. The molecule has 0 fully saturated rings. The van der Waals surface area contributed by atoms with Crippen LogP contribution in [0.5, 0.6) is 0 Å². The van der Waals surface area contributed by atoms with Gasteiger partial charge in [0, 0.05) is 23.7 Å². The molecule has 1 atom stereocenters. The second-order valence-electron chi connectivity index (χ2n) is 7.59. The minimum absolute atomic E-state index is 0.180. The highest BCUT2D eigenvalue weighted by Crippen LogP contribution is 2.38. The first-order valence-corrected chi connectivity index (χ1v) is 10.8. The number of pyridine rings is 1. The van der Waals surface area contributed by atoms with Crippen LogP contribution in [0.2, 0.25) is 5.15 Å². The fourth-order valence-corrected chi connectivity index (χ4v) is 4.32. The Morgan fingerprint density at radius 1 is 1.16 bits per heavy atom. The molecule has 164 valence electrons. The molecule has 32 heavy (non-hydrogen) atoms. The third kappa shape index (κ3) is 4.56. The number of fused-ring (bicyclic) bond motifs is 1. The van der Waals surface area contributed by atoms with Crippen LogP contribution >= 0.6 is 11.6 Å². The van der Waals surface area contributed by atoms with Crippen molar-refractivity contribution in [2.24, 2.45) is 11.5 Å². The average Bonchev–Trinajstić information content (AvgIpc) is 2.79. The lowest BCUT2D eigenvalue weighted by molar-refractivity contribution is 0.531. The molecule has 0 saturated heterocycles. The van der Waals surface area contributed by atoms with E-state index < -0.39 is 0 Å². The zero-order valence-electron chi connectivity index (χ0n) is 18.7. The Labute approximate surface area is 195 Å². The van der Waals surface area contributed by atoms with Crippen LogP contribution < -0.4 is 11.5 Å². The van der Waals surface area contributed by atoms with E-state index >= 15 is 0 Å². The molecule has 0 aliphatic heterocycles. The Hall–Kier alpha value is -3.50. The topological polar surface area (TPSA) is 68.2 Å². The second kappa shape index (κ2) is 10.2. The van der Waals surface area contributed by atoms with E-state index in [1.54, 1.807) is 6.20 Å². The van der Waals surface area contributed by atoms with Gasteiger partial charge in [-0.15, -0.1) is 0 Å². The van der Waals surface area contributed by atoms with Gasteiger partial charge in [0.1, 0.15) is 5.15 Å². The molecule has 5 heteroatoms. The molecular formula is C27H29ClN4. The summed E-state index contributed by atoms with van der Waals surface area (Å²) in [4.78, 5) is 6.66. The fraction of sp³-hybridized carbons (Fsp3) is 0.148. The number of benzene rings is 2. The average molecular weight is 445 g/mol. The number of aromatic nitrogens is 1. The van der Waals surface area contributed by atoms with Crippen molar-refractivity contribution < 1.29 is 0 Å². The summed E-state index contributed by atoms with van der Waals surface area (Å²) < 4.78 is 0. The van der Waals surface area contributed by atoms with Crippen LogP contribution in [-0.2, 0) is 0 Å². The molecule has 3 aromatic rings. The van der Waals surface area contributed by atoms with Crippen LogP contribution in [-0.4, -0.2) is 16.9 Å². The Balaban J connectivity index is 2.24. The summed E-state index contributed by atoms with van der Waals surface area (Å²) in [5, 5.41) is 1.53. The minimum atomic E-state index is -0.180. The van der Waals surface area contributed by atoms with Crippen LogP contribution in [0.3, 0.4) is 0 Å². The number of halogens is 1. The highest BCUT2D eigenvalue weighted by atomic mass is 35.5. The fourth-order valence-electron chi connectivity index (χ4n) is 3.98. The predicted molar refractivity (Wildman–Crippen MR) is 137 cm³/mol. The molecule has 3 rings (SSSR count). The number of hydrogen-bond acceptors (Lipinski definition) is 4. The van der Waals surface area contributed by atoms with E-state index in [-0.39, 0.29) is 5.92 Å². The zero-order chi connectivity index (χ0) is 23.3. The van der Waals surface area contributed by atoms with Gasteiger partial charge in [-0.1, -0.05) is 60.7 Å². The molecule has 0 radical (unpaired) electrons. The van der Waals surface area contributed by atoms with Gasteiger partial charge < -0.3 is 16.4 Å². The second-order valence-corrected chi connectivity index (χ2v) is 7.95. The molecule has 2 aromatic carbocycles. The van der Waals surface area contributed by atoms with Gasteiger partial charge in [-0.25, -0.2) is 4.98 Å². The van der Waals surface area contributed by atoms with Crippen molar-refractivity contribution in [2.75, 3.05) is 7.05 Å². The number of rotatable bonds is 7. The third-order valence-corrected chi connectivity index (χ3v) is 5.87. The molecular weight excluding hydrogens is 416 g/mol. The minimum Gasteiger partial charge on any atom is -0.405 e. The van der Waals surface area contributed by atoms with Gasteiger partial charge in [-0.05, 0) is 72.9 Å². The maximum absolute atomic E-state index is 6.60. The van der Waals surface area contributed by atoms with Crippen LogP contribution in [0, 0.1) is 6.92 Å². The summed E-state index contributed by atoms with van der Waals surface area (Å²) in [6.07, 6.45) is 8.82. The zero-order valence-corrected chi connectivity index (χ0v) is 19.5. The van der Waals surface area contributed by atoms with E-state index in [0.29, 0.717) is 5.15 Å². The Bertz CT molecular complexity index is 1210. The number of hydrogen-bond donors (Lipinski definition) is 2. The summed E-state index contributed by atoms with van der Waals surface area (Å²) in [5.74, 6) is -0.180. The van der Waals surface area contributed by atoms with E-state index in [4.69, 9.17) is 23.1 Å². The van der Waals surface area contributed by atoms with Crippen molar-refractivity contribution in [1.29, 1.82) is 0 Å². The van der Waals surface area contributed by atoms with Crippen molar-refractivity contribution in [3.63, 3.8) is 0 Å². The van der Waals surface area contributed by atoms with Crippen molar-refractivity contribution in [3.05, 3.63) is 113 Å². The maximum Gasteiger partial charge on any atom is 0.137 e. The molecule has 4 N–H and O–H groups in total. The van der Waals surface area contributed by atoms with Crippen molar-refractivity contribution in [3.8, 4) is 11.1 Å². The van der Waals surface area contributed by atoms with Crippen molar-refractivity contribution >= 4 is 22.5 Å². The van der Waals surface area contributed by atoms with Gasteiger partial charge in [-0.3, -0.25) is 0 Å². The largest absolute Gasteiger partial charge is 0.405 e. The summed E-state index contributed by atoms with van der Waals surface area (Å²) >= 11 is 6.60. The monoisotopic (exact) mass is 444 g/mol. The van der Waals surface area contributed by atoms with E-state index in [2.05, 4.69) is 24.6 Å². The quantitative estimate of drug-likeness (QED) is 0.334. The van der Waals surface area contributed by atoms with E-state index in [0.717, 1.165) is 44.4 Å². The predicted octanol–water partition coefficient (Wildman–Crippen LogP) is 6.24. The summed E-state index contributed by atoms with van der Waals surface area (Å²) in [5.41, 5.74) is 18.4. The standard InChI is InChI=1S/C27H29ClN4/c1-5-15-32(4)19(3)26(22(17-30)13-14-29)21-11-12-24-23(16-21)18(2)25(27(28)31-24)20-9-7-6-8-10-20/h5-17,26H,3,29-30H2,1-2,4H3/b14-13-,15-5-,22-17+. The number of nitrogens with two attached hydrogens (primary N) is 2. The smallest absolute Gasteiger partial charge is 0.137 e. The van der Waals surface area contributed by atoms with Gasteiger partial charge >= 0.3 is 0 Å². The molecule has 1 aromatic heterocycles. The molecule has 0 aliphatic rings. The molecule has 0 bridgehead atoms. The van der Waals surface area contributed by atoms with Gasteiger partial charge in [0.15, 0.2) is 0 Å². The van der Waals surface area contributed by atoms with Crippen LogP contribution in [0.4, 0.5) is 0 Å². The molecule has 0 amide bonds. The lowest BCUT2D eigenvalue weighted by Gasteiger charge is -2.28. The molecule has 4 nitrogen and oxygen atoms in total. The molecule has 0 aliphatic carbocycles. The molecule has 0 saturated carbocycles. The normalized spacial score (nSPS) is 13.2. The number of likely N-dealkylation sites (N-methyl/N-ethyl adjacent to an activating group) is 1. The number of aryl methyl sites for hydroxylation is 1. The van der Waals surface area contributed by atoms with Gasteiger partial charge in [-0.2, -0.15) is 0 Å². The SMILES string of the molecule is C=C(C(C(/C=C\N)=C/N)c1ccc2nc(Cl)c(-c3ccccc3)c(C)c2c1)N(C)/C=C\C. The Morgan fingerprint density at radius 3 is 2.50 bits per heavy atom. The Morgan fingerprint density at radius 2 is 1.88 bits per heavy atom. The Kier molecular flexibility index (Phi) is 7.39. The molecule has 1 unspecified atom stereocenters. The summed E-state index contributed by atoms with van der Waals surface area (Å²) in [6.45, 7) is 8.40. The van der Waals surface area contributed by atoms with Crippen molar-refractivity contribution in [2.45, 2.75) is 19.8 Å². The summed E-state index contributed by atoms with van der Waals surface area (Å²) in [6, 6.07) is 16.3. The lowest BCUT2D eigenvalue weighted by atomic mass is 9.86. The van der Waals surface area contributed by atoms with Crippen LogP contribution in [0.25, 0.3) is 22.0 Å². The van der Waals surface area contributed by atoms with Gasteiger partial charge in [0.25, 0.3) is 0 Å².